The van der Waals surface area contributed by atoms with Crippen LogP contribution in [0.4, 0.5) is 11.6 Å². The second kappa shape index (κ2) is 6.70. The molecule has 106 valence electrons. The molecule has 0 aliphatic heterocycles. The zero-order chi connectivity index (χ0) is 13.7. The van der Waals surface area contributed by atoms with E-state index < -0.39 is 0 Å². The molecular formula is C14H24N4O. The molecule has 0 aromatic carbocycles. The van der Waals surface area contributed by atoms with E-state index in [-0.39, 0.29) is 6.10 Å². The Labute approximate surface area is 115 Å². The van der Waals surface area contributed by atoms with Crippen LogP contribution in [-0.2, 0) is 0 Å². The molecule has 0 spiro atoms. The van der Waals surface area contributed by atoms with Gasteiger partial charge in [-0.3, -0.25) is 0 Å². The zero-order valence-electron chi connectivity index (χ0n) is 11.8. The molecule has 0 unspecified atom stereocenters. The van der Waals surface area contributed by atoms with Gasteiger partial charge in [-0.2, -0.15) is 0 Å². The molecule has 1 aliphatic carbocycles. The molecule has 0 radical (unpaired) electrons. The highest BCUT2D eigenvalue weighted by Gasteiger charge is 2.19. The van der Waals surface area contributed by atoms with Crippen molar-refractivity contribution in [3.63, 3.8) is 0 Å². The molecule has 1 heterocycles. The van der Waals surface area contributed by atoms with Crippen molar-refractivity contribution in [2.45, 2.75) is 51.2 Å². The Morgan fingerprint density at radius 2 is 2.05 bits per heavy atom. The molecule has 5 nitrogen and oxygen atoms in total. The Morgan fingerprint density at radius 3 is 2.74 bits per heavy atom. The van der Waals surface area contributed by atoms with Crippen LogP contribution in [0.15, 0.2) is 12.4 Å². The summed E-state index contributed by atoms with van der Waals surface area (Å²) in [6.45, 7) is 3.15. The van der Waals surface area contributed by atoms with Crippen molar-refractivity contribution in [1.82, 2.24) is 9.97 Å². The minimum Gasteiger partial charge on any atom is -0.393 e. The summed E-state index contributed by atoms with van der Waals surface area (Å²) in [6.07, 6.45) is 6.37. The minimum atomic E-state index is -0.116. The molecule has 5 heteroatoms. The van der Waals surface area contributed by atoms with Gasteiger partial charge in [0.2, 0.25) is 0 Å². The average Bonchev–Trinajstić information content (AvgIpc) is 2.42. The summed E-state index contributed by atoms with van der Waals surface area (Å²) in [7, 11) is 2.05. The van der Waals surface area contributed by atoms with Gasteiger partial charge in [0.1, 0.15) is 18.0 Å². The van der Waals surface area contributed by atoms with E-state index in [0.29, 0.717) is 6.04 Å². The first-order valence-electron chi connectivity index (χ1n) is 7.16. The third-order valence-corrected chi connectivity index (χ3v) is 3.65. The maximum absolute atomic E-state index is 9.51. The van der Waals surface area contributed by atoms with Crippen molar-refractivity contribution in [1.29, 1.82) is 0 Å². The number of aliphatic hydroxyl groups excluding tert-OH is 1. The molecular weight excluding hydrogens is 240 g/mol. The SMILES string of the molecule is CCCN(C)c1cc(NC2CCC(O)CC2)ncn1. The predicted octanol–water partition coefficient (Wildman–Crippen LogP) is 2.04. The first-order chi connectivity index (χ1) is 9.19. The number of rotatable bonds is 5. The van der Waals surface area contributed by atoms with Crippen molar-refractivity contribution in [3.05, 3.63) is 12.4 Å². The largest absolute Gasteiger partial charge is 0.393 e. The fraction of sp³-hybridized carbons (Fsp3) is 0.714. The highest BCUT2D eigenvalue weighted by atomic mass is 16.3. The van der Waals surface area contributed by atoms with Crippen LogP contribution in [-0.4, -0.2) is 40.8 Å². The number of hydrogen-bond acceptors (Lipinski definition) is 5. The fourth-order valence-corrected chi connectivity index (χ4v) is 2.51. The van der Waals surface area contributed by atoms with Crippen molar-refractivity contribution in [2.24, 2.45) is 0 Å². The Hall–Kier alpha value is -1.36. The van der Waals surface area contributed by atoms with Gasteiger partial charge >= 0.3 is 0 Å². The fourth-order valence-electron chi connectivity index (χ4n) is 2.51. The molecule has 19 heavy (non-hydrogen) atoms. The van der Waals surface area contributed by atoms with Crippen LogP contribution in [0, 0.1) is 0 Å². The number of nitrogens with one attached hydrogen (secondary N) is 1. The van der Waals surface area contributed by atoms with Crippen LogP contribution < -0.4 is 10.2 Å². The second-order valence-corrected chi connectivity index (χ2v) is 5.33. The molecule has 0 saturated heterocycles. The van der Waals surface area contributed by atoms with E-state index in [4.69, 9.17) is 0 Å². The molecule has 1 aliphatic rings. The van der Waals surface area contributed by atoms with Gasteiger partial charge < -0.3 is 15.3 Å². The Morgan fingerprint density at radius 1 is 1.32 bits per heavy atom. The zero-order valence-corrected chi connectivity index (χ0v) is 11.8. The van der Waals surface area contributed by atoms with Crippen LogP contribution >= 0.6 is 0 Å². The quantitative estimate of drug-likeness (QED) is 0.852. The average molecular weight is 264 g/mol. The molecule has 2 N–H and O–H groups in total. The molecule has 1 aromatic rings. The van der Waals surface area contributed by atoms with Crippen molar-refractivity contribution < 1.29 is 5.11 Å². The van der Waals surface area contributed by atoms with E-state index in [9.17, 15) is 5.11 Å². The lowest BCUT2D eigenvalue weighted by molar-refractivity contribution is 0.126. The van der Waals surface area contributed by atoms with Gasteiger partial charge in [0.05, 0.1) is 6.10 Å². The summed E-state index contributed by atoms with van der Waals surface area (Å²) < 4.78 is 0. The normalized spacial score (nSPS) is 23.1. The Bertz CT molecular complexity index is 391. The lowest BCUT2D eigenvalue weighted by atomic mass is 9.93. The first kappa shape index (κ1) is 14.1. The molecule has 0 atom stereocenters. The Balaban J connectivity index is 1.95. The van der Waals surface area contributed by atoms with Crippen LogP contribution in [0.1, 0.15) is 39.0 Å². The van der Waals surface area contributed by atoms with Crippen LogP contribution in [0.5, 0.6) is 0 Å². The summed E-state index contributed by atoms with van der Waals surface area (Å²) >= 11 is 0. The number of aliphatic hydroxyl groups is 1. The summed E-state index contributed by atoms with van der Waals surface area (Å²) in [4.78, 5) is 10.7. The van der Waals surface area contributed by atoms with E-state index in [1.54, 1.807) is 6.33 Å². The number of hydrogen-bond donors (Lipinski definition) is 2. The molecule has 1 aromatic heterocycles. The van der Waals surface area contributed by atoms with Crippen molar-refractivity contribution in [3.8, 4) is 0 Å². The third kappa shape index (κ3) is 4.06. The lowest BCUT2D eigenvalue weighted by Gasteiger charge is -2.27. The number of nitrogens with zero attached hydrogens (tertiary/aromatic N) is 3. The summed E-state index contributed by atoms with van der Waals surface area (Å²) in [5, 5.41) is 13.0. The molecule has 1 fully saturated rings. The van der Waals surface area contributed by atoms with Gasteiger partial charge in [-0.1, -0.05) is 6.92 Å². The smallest absolute Gasteiger partial charge is 0.133 e. The van der Waals surface area contributed by atoms with E-state index in [1.807, 2.05) is 13.1 Å². The second-order valence-electron chi connectivity index (χ2n) is 5.33. The highest BCUT2D eigenvalue weighted by Crippen LogP contribution is 2.22. The van der Waals surface area contributed by atoms with E-state index in [0.717, 1.165) is 50.3 Å². The molecule has 0 amide bonds. The van der Waals surface area contributed by atoms with E-state index >= 15 is 0 Å². The van der Waals surface area contributed by atoms with Gasteiger partial charge in [0, 0.05) is 25.7 Å². The van der Waals surface area contributed by atoms with Gasteiger partial charge in [0.25, 0.3) is 0 Å². The lowest BCUT2D eigenvalue weighted by Crippen LogP contribution is -2.28. The maximum Gasteiger partial charge on any atom is 0.133 e. The minimum absolute atomic E-state index is 0.116. The van der Waals surface area contributed by atoms with E-state index in [1.165, 1.54) is 0 Å². The molecule has 2 rings (SSSR count). The van der Waals surface area contributed by atoms with Crippen LogP contribution in [0.2, 0.25) is 0 Å². The topological polar surface area (TPSA) is 61.3 Å². The van der Waals surface area contributed by atoms with Gasteiger partial charge in [-0.15, -0.1) is 0 Å². The van der Waals surface area contributed by atoms with Crippen LogP contribution in [0.25, 0.3) is 0 Å². The standard InChI is InChI=1S/C14H24N4O/c1-3-8-18(2)14-9-13(15-10-16-14)17-11-4-6-12(19)7-5-11/h9-12,19H,3-8H2,1-2H3,(H,15,16,17). The van der Waals surface area contributed by atoms with Gasteiger partial charge in [-0.05, 0) is 32.1 Å². The van der Waals surface area contributed by atoms with Crippen molar-refractivity contribution in [2.75, 3.05) is 23.8 Å². The first-order valence-corrected chi connectivity index (χ1v) is 7.16. The number of anilines is 2. The maximum atomic E-state index is 9.51. The third-order valence-electron chi connectivity index (χ3n) is 3.65. The van der Waals surface area contributed by atoms with E-state index in [2.05, 4.69) is 27.1 Å². The Kier molecular flexibility index (Phi) is 4.96. The molecule has 1 saturated carbocycles. The van der Waals surface area contributed by atoms with Gasteiger partial charge in [-0.25, -0.2) is 9.97 Å². The number of aromatic nitrogens is 2. The predicted molar refractivity (Wildman–Crippen MR) is 77.5 cm³/mol. The molecule has 0 bridgehead atoms. The summed E-state index contributed by atoms with van der Waals surface area (Å²) in [5.74, 6) is 1.84. The summed E-state index contributed by atoms with van der Waals surface area (Å²) in [6, 6.07) is 2.42. The highest BCUT2D eigenvalue weighted by molar-refractivity contribution is 5.48. The van der Waals surface area contributed by atoms with Crippen molar-refractivity contribution >= 4 is 11.6 Å². The monoisotopic (exact) mass is 264 g/mol. The van der Waals surface area contributed by atoms with Gasteiger partial charge in [0.15, 0.2) is 0 Å². The summed E-state index contributed by atoms with van der Waals surface area (Å²) in [5.41, 5.74) is 0. The van der Waals surface area contributed by atoms with Crippen LogP contribution in [0.3, 0.4) is 0 Å².